The van der Waals surface area contributed by atoms with E-state index in [1.54, 1.807) is 0 Å². The Balaban J connectivity index is 1.57. The van der Waals surface area contributed by atoms with Crippen LogP contribution in [0.3, 0.4) is 0 Å². The van der Waals surface area contributed by atoms with Crippen LogP contribution in [0.4, 0.5) is 0 Å². The molecule has 7 heteroatoms. The highest BCUT2D eigenvalue weighted by Crippen LogP contribution is 2.40. The summed E-state index contributed by atoms with van der Waals surface area (Å²) in [5, 5.41) is 1.75. The third-order valence-electron chi connectivity index (χ3n) is 6.40. The van der Waals surface area contributed by atoms with Gasteiger partial charge in [-0.05, 0) is 24.3 Å². The molecular formula is C28H20ClN3O3. The van der Waals surface area contributed by atoms with Gasteiger partial charge in [0.05, 0.1) is 35.0 Å². The van der Waals surface area contributed by atoms with Crippen molar-refractivity contribution in [1.82, 2.24) is 14.1 Å². The SMILES string of the molecule is Cn1cc(C2=C(c3cn(Cc4cccc(CCl)n4)c4ccccc34)C(=O)OC2=O)c2ccccc21. The molecule has 1 aliphatic rings. The Morgan fingerprint density at radius 2 is 1.37 bits per heavy atom. The van der Waals surface area contributed by atoms with Crippen LogP contribution in [0.1, 0.15) is 22.5 Å². The highest BCUT2D eigenvalue weighted by Gasteiger charge is 2.37. The Kier molecular flexibility index (Phi) is 5.04. The van der Waals surface area contributed by atoms with E-state index in [9.17, 15) is 9.59 Å². The van der Waals surface area contributed by atoms with Crippen molar-refractivity contribution in [3.8, 4) is 0 Å². The molecular weight excluding hydrogens is 462 g/mol. The number of benzene rings is 2. The first-order valence-electron chi connectivity index (χ1n) is 11.2. The zero-order valence-corrected chi connectivity index (χ0v) is 19.6. The first kappa shape index (κ1) is 21.4. The molecule has 0 spiro atoms. The fraction of sp³-hybridized carbons (Fsp3) is 0.107. The molecule has 0 unspecified atom stereocenters. The molecule has 0 saturated carbocycles. The summed E-state index contributed by atoms with van der Waals surface area (Å²) in [6.45, 7) is 0.491. The van der Waals surface area contributed by atoms with Crippen molar-refractivity contribution in [2.24, 2.45) is 7.05 Å². The van der Waals surface area contributed by atoms with Crippen LogP contribution in [0.15, 0.2) is 79.1 Å². The standard InChI is InChI=1S/C28H20ClN3O3/c1-31-15-21(19-9-2-4-11-23(19)31)25-26(28(34)35-27(25)33)22-16-32(24-12-5-3-10-20(22)24)14-18-8-6-7-17(13-29)30-18/h2-12,15-16H,13-14H2,1H3. The molecule has 0 amide bonds. The average Bonchev–Trinajstić information content (AvgIpc) is 3.50. The second kappa shape index (κ2) is 8.25. The first-order valence-corrected chi connectivity index (χ1v) is 11.7. The van der Waals surface area contributed by atoms with E-state index in [4.69, 9.17) is 16.3 Å². The number of nitrogens with zero attached hydrogens (tertiary/aromatic N) is 3. The molecule has 0 N–H and O–H groups in total. The van der Waals surface area contributed by atoms with Gasteiger partial charge in [0, 0.05) is 52.4 Å². The number of halogens is 1. The van der Waals surface area contributed by atoms with E-state index >= 15 is 0 Å². The zero-order valence-electron chi connectivity index (χ0n) is 18.9. The quantitative estimate of drug-likeness (QED) is 0.194. The number of alkyl halides is 1. The lowest BCUT2D eigenvalue weighted by atomic mass is 9.95. The molecule has 0 bridgehead atoms. The molecule has 3 aromatic heterocycles. The van der Waals surface area contributed by atoms with Crippen LogP contribution in [-0.4, -0.2) is 26.1 Å². The molecule has 172 valence electrons. The molecule has 35 heavy (non-hydrogen) atoms. The summed E-state index contributed by atoms with van der Waals surface area (Å²) in [7, 11) is 1.92. The summed E-state index contributed by atoms with van der Waals surface area (Å²) >= 11 is 5.97. The maximum atomic E-state index is 13.1. The van der Waals surface area contributed by atoms with Gasteiger partial charge in [-0.2, -0.15) is 0 Å². The Bertz CT molecular complexity index is 1690. The number of rotatable bonds is 5. The van der Waals surface area contributed by atoms with Crippen molar-refractivity contribution in [3.63, 3.8) is 0 Å². The number of carbonyl (C=O) groups excluding carboxylic acids is 2. The van der Waals surface area contributed by atoms with Crippen molar-refractivity contribution in [2.45, 2.75) is 12.4 Å². The highest BCUT2D eigenvalue weighted by atomic mass is 35.5. The third kappa shape index (κ3) is 3.45. The Morgan fingerprint density at radius 1 is 0.771 bits per heavy atom. The number of para-hydroxylation sites is 2. The Morgan fingerprint density at radius 3 is 2.09 bits per heavy atom. The fourth-order valence-corrected chi connectivity index (χ4v) is 5.01. The van der Waals surface area contributed by atoms with E-state index in [0.717, 1.165) is 33.2 Å². The number of aryl methyl sites for hydroxylation is 1. The van der Waals surface area contributed by atoms with E-state index in [-0.39, 0.29) is 11.1 Å². The van der Waals surface area contributed by atoms with E-state index in [0.29, 0.717) is 23.6 Å². The van der Waals surface area contributed by atoms with Gasteiger partial charge in [-0.15, -0.1) is 11.6 Å². The molecule has 0 radical (unpaired) electrons. The number of hydrogen-bond donors (Lipinski definition) is 0. The molecule has 1 aliphatic heterocycles. The zero-order chi connectivity index (χ0) is 24.1. The summed E-state index contributed by atoms with van der Waals surface area (Å²) < 4.78 is 9.15. The van der Waals surface area contributed by atoms with Crippen LogP contribution in [0.25, 0.3) is 33.0 Å². The number of hydrogen-bond acceptors (Lipinski definition) is 4. The lowest BCUT2D eigenvalue weighted by molar-refractivity contribution is -0.149. The molecule has 0 aliphatic carbocycles. The van der Waals surface area contributed by atoms with Gasteiger partial charge >= 0.3 is 11.9 Å². The Hall–Kier alpha value is -4.16. The van der Waals surface area contributed by atoms with E-state index in [1.165, 1.54) is 0 Å². The normalized spacial score (nSPS) is 13.9. The minimum atomic E-state index is -0.636. The van der Waals surface area contributed by atoms with Crippen LogP contribution in [0.5, 0.6) is 0 Å². The Labute approximate surface area is 206 Å². The molecule has 4 heterocycles. The number of fused-ring (bicyclic) bond motifs is 2. The summed E-state index contributed by atoms with van der Waals surface area (Å²) in [5.74, 6) is -0.932. The second-order valence-corrected chi connectivity index (χ2v) is 8.81. The minimum Gasteiger partial charge on any atom is -0.386 e. The smallest absolute Gasteiger partial charge is 0.347 e. The molecule has 5 aromatic rings. The summed E-state index contributed by atoms with van der Waals surface area (Å²) in [4.78, 5) is 30.7. The molecule has 0 atom stereocenters. The van der Waals surface area contributed by atoms with Gasteiger partial charge in [0.25, 0.3) is 0 Å². The van der Waals surface area contributed by atoms with Gasteiger partial charge < -0.3 is 13.9 Å². The number of ether oxygens (including phenoxy) is 1. The lowest BCUT2D eigenvalue weighted by Crippen LogP contribution is -2.02. The predicted molar refractivity (Wildman–Crippen MR) is 136 cm³/mol. The van der Waals surface area contributed by atoms with Crippen molar-refractivity contribution in [2.75, 3.05) is 0 Å². The maximum Gasteiger partial charge on any atom is 0.347 e. The molecule has 0 fully saturated rings. The molecule has 2 aromatic carbocycles. The topological polar surface area (TPSA) is 66.1 Å². The minimum absolute atomic E-state index is 0.281. The molecule has 6 nitrogen and oxygen atoms in total. The van der Waals surface area contributed by atoms with Crippen LogP contribution in [0.2, 0.25) is 0 Å². The third-order valence-corrected chi connectivity index (χ3v) is 6.68. The van der Waals surface area contributed by atoms with Crippen molar-refractivity contribution < 1.29 is 14.3 Å². The highest BCUT2D eigenvalue weighted by molar-refractivity contribution is 6.46. The van der Waals surface area contributed by atoms with Gasteiger partial charge in [0.15, 0.2) is 0 Å². The van der Waals surface area contributed by atoms with Gasteiger partial charge in [0.2, 0.25) is 0 Å². The molecule has 0 saturated heterocycles. The van der Waals surface area contributed by atoms with E-state index in [1.807, 2.05) is 95.3 Å². The largest absolute Gasteiger partial charge is 0.386 e. The number of carbonyl (C=O) groups is 2. The summed E-state index contributed by atoms with van der Waals surface area (Å²) in [6, 6.07) is 21.4. The summed E-state index contributed by atoms with van der Waals surface area (Å²) in [6.07, 6.45) is 3.78. The van der Waals surface area contributed by atoms with Gasteiger partial charge in [-0.3, -0.25) is 4.98 Å². The monoisotopic (exact) mass is 481 g/mol. The van der Waals surface area contributed by atoms with Crippen molar-refractivity contribution in [1.29, 1.82) is 0 Å². The number of aromatic nitrogens is 3. The molecule has 6 rings (SSSR count). The fourth-order valence-electron chi connectivity index (χ4n) is 4.86. The van der Waals surface area contributed by atoms with Crippen LogP contribution in [0, 0.1) is 0 Å². The van der Waals surface area contributed by atoms with Gasteiger partial charge in [-0.1, -0.05) is 42.5 Å². The number of esters is 2. The summed E-state index contributed by atoms with van der Waals surface area (Å²) in [5.41, 5.74) is 5.46. The van der Waals surface area contributed by atoms with E-state index < -0.39 is 11.9 Å². The second-order valence-electron chi connectivity index (χ2n) is 8.54. The lowest BCUT2D eigenvalue weighted by Gasteiger charge is -2.06. The van der Waals surface area contributed by atoms with Crippen molar-refractivity contribution in [3.05, 3.63) is 102 Å². The van der Waals surface area contributed by atoms with Crippen LogP contribution < -0.4 is 0 Å². The average molecular weight is 482 g/mol. The maximum absolute atomic E-state index is 13.1. The van der Waals surface area contributed by atoms with Gasteiger partial charge in [-0.25, -0.2) is 9.59 Å². The van der Waals surface area contributed by atoms with Crippen molar-refractivity contribution >= 4 is 56.5 Å². The van der Waals surface area contributed by atoms with Crippen LogP contribution >= 0.6 is 11.6 Å². The number of cyclic esters (lactones) is 2. The van der Waals surface area contributed by atoms with Gasteiger partial charge in [0.1, 0.15) is 0 Å². The predicted octanol–water partition coefficient (Wildman–Crippen LogP) is 5.31. The first-order chi connectivity index (χ1) is 17.0. The van der Waals surface area contributed by atoms with E-state index in [2.05, 4.69) is 4.98 Å². The van der Waals surface area contributed by atoms with Crippen LogP contribution in [-0.2, 0) is 33.8 Å². The number of pyridine rings is 1.